The summed E-state index contributed by atoms with van der Waals surface area (Å²) in [5, 5.41) is 6.00. The van der Waals surface area contributed by atoms with Gasteiger partial charge < -0.3 is 5.32 Å². The van der Waals surface area contributed by atoms with Crippen molar-refractivity contribution >= 4 is 23.2 Å². The molecule has 0 spiro atoms. The highest BCUT2D eigenvalue weighted by Gasteiger charge is 2.33. The summed E-state index contributed by atoms with van der Waals surface area (Å²) in [4.78, 5) is 23.8. The Balaban J connectivity index is 1.97. The van der Waals surface area contributed by atoms with Crippen LogP contribution in [0.3, 0.4) is 0 Å². The molecule has 0 aliphatic carbocycles. The van der Waals surface area contributed by atoms with E-state index in [1.54, 1.807) is 30.3 Å². The zero-order valence-electron chi connectivity index (χ0n) is 13.8. The van der Waals surface area contributed by atoms with E-state index in [1.807, 2.05) is 0 Å². The molecule has 0 fully saturated rings. The third-order valence-electron chi connectivity index (χ3n) is 3.31. The first-order chi connectivity index (χ1) is 12.3. The number of hydrazone groups is 1. The predicted octanol–water partition coefficient (Wildman–Crippen LogP) is 3.84. The molecule has 0 aliphatic heterocycles. The monoisotopic (exact) mass is 363 g/mol. The summed E-state index contributed by atoms with van der Waals surface area (Å²) in [6, 6.07) is 13.0. The highest BCUT2D eigenvalue weighted by molar-refractivity contribution is 6.06. The van der Waals surface area contributed by atoms with Gasteiger partial charge in [-0.05, 0) is 31.2 Å². The van der Waals surface area contributed by atoms with E-state index < -0.39 is 23.6 Å². The number of hydrogen-bond acceptors (Lipinski definition) is 3. The fraction of sp³-hybridized carbons (Fsp3) is 0.167. The maximum absolute atomic E-state index is 12.9. The second-order valence-electron chi connectivity index (χ2n) is 5.42. The number of nitrogens with one attached hydrogen (secondary N) is 2. The topological polar surface area (TPSA) is 70.6 Å². The van der Waals surface area contributed by atoms with Crippen LogP contribution in [0.4, 0.5) is 18.9 Å². The summed E-state index contributed by atoms with van der Waals surface area (Å²) in [6.07, 6.45) is -4.84. The van der Waals surface area contributed by atoms with Crippen LogP contribution < -0.4 is 10.7 Å². The van der Waals surface area contributed by atoms with Crippen LogP contribution in [0, 0.1) is 0 Å². The molecule has 0 radical (unpaired) electrons. The minimum atomic E-state index is -4.57. The quantitative estimate of drug-likeness (QED) is 0.626. The first kappa shape index (κ1) is 19.2. The number of alkyl halides is 3. The zero-order valence-corrected chi connectivity index (χ0v) is 13.8. The Morgan fingerprint density at radius 2 is 1.62 bits per heavy atom. The SMILES string of the molecule is CC(CC(=O)Nc1ccccc1C(F)(F)F)=NNC(=O)c1ccccc1. The van der Waals surface area contributed by atoms with Gasteiger partial charge in [-0.1, -0.05) is 30.3 Å². The Hall–Kier alpha value is -3.16. The summed E-state index contributed by atoms with van der Waals surface area (Å²) in [5.74, 6) is -1.12. The molecule has 136 valence electrons. The molecule has 26 heavy (non-hydrogen) atoms. The van der Waals surface area contributed by atoms with Crippen molar-refractivity contribution in [2.45, 2.75) is 19.5 Å². The summed E-state index contributed by atoms with van der Waals surface area (Å²) in [6.45, 7) is 1.49. The molecule has 2 N–H and O–H groups in total. The highest BCUT2D eigenvalue weighted by atomic mass is 19.4. The Labute approximate surface area is 147 Å². The average Bonchev–Trinajstić information content (AvgIpc) is 2.60. The molecule has 0 saturated heterocycles. The zero-order chi connectivity index (χ0) is 19.2. The number of halogens is 3. The molecule has 0 unspecified atom stereocenters. The van der Waals surface area contributed by atoms with E-state index in [1.165, 1.54) is 25.1 Å². The van der Waals surface area contributed by atoms with Gasteiger partial charge in [-0.25, -0.2) is 5.43 Å². The van der Waals surface area contributed by atoms with E-state index in [4.69, 9.17) is 0 Å². The first-order valence-corrected chi connectivity index (χ1v) is 7.62. The highest BCUT2D eigenvalue weighted by Crippen LogP contribution is 2.34. The van der Waals surface area contributed by atoms with Gasteiger partial charge in [0.05, 0.1) is 17.7 Å². The van der Waals surface area contributed by atoms with Gasteiger partial charge in [-0.2, -0.15) is 18.3 Å². The first-order valence-electron chi connectivity index (χ1n) is 7.62. The lowest BCUT2D eigenvalue weighted by Gasteiger charge is -2.13. The molecule has 2 aromatic rings. The minimum Gasteiger partial charge on any atom is -0.325 e. The Morgan fingerprint density at radius 1 is 1.00 bits per heavy atom. The van der Waals surface area contributed by atoms with Crippen molar-refractivity contribution in [2.75, 3.05) is 5.32 Å². The van der Waals surface area contributed by atoms with Gasteiger partial charge in [0.2, 0.25) is 5.91 Å². The third-order valence-corrected chi connectivity index (χ3v) is 3.31. The molecular weight excluding hydrogens is 347 g/mol. The number of nitrogens with zero attached hydrogens (tertiary/aromatic N) is 1. The molecule has 0 saturated carbocycles. The third kappa shape index (κ3) is 5.44. The van der Waals surface area contributed by atoms with Crippen molar-refractivity contribution in [2.24, 2.45) is 5.10 Å². The van der Waals surface area contributed by atoms with E-state index in [2.05, 4.69) is 15.8 Å². The molecular formula is C18H16F3N3O2. The van der Waals surface area contributed by atoms with Gasteiger partial charge in [-0.15, -0.1) is 0 Å². The van der Waals surface area contributed by atoms with Crippen LogP contribution in [-0.2, 0) is 11.0 Å². The lowest BCUT2D eigenvalue weighted by molar-refractivity contribution is -0.137. The van der Waals surface area contributed by atoms with E-state index in [0.29, 0.717) is 5.56 Å². The van der Waals surface area contributed by atoms with Crippen molar-refractivity contribution in [1.82, 2.24) is 5.43 Å². The standard InChI is InChI=1S/C18H16F3N3O2/c1-12(23-24-17(26)13-7-3-2-4-8-13)11-16(25)22-15-10-6-5-9-14(15)18(19,20)21/h2-10H,11H2,1H3,(H,22,25)(H,24,26). The van der Waals surface area contributed by atoms with Crippen LogP contribution in [-0.4, -0.2) is 17.5 Å². The smallest absolute Gasteiger partial charge is 0.325 e. The van der Waals surface area contributed by atoms with Crippen LogP contribution in [0.1, 0.15) is 29.3 Å². The molecule has 0 atom stereocenters. The van der Waals surface area contributed by atoms with Crippen LogP contribution in [0.2, 0.25) is 0 Å². The molecule has 2 rings (SSSR count). The van der Waals surface area contributed by atoms with Crippen molar-refractivity contribution in [3.63, 3.8) is 0 Å². The Kier molecular flexibility index (Phi) is 6.11. The van der Waals surface area contributed by atoms with Crippen molar-refractivity contribution in [1.29, 1.82) is 0 Å². The van der Waals surface area contributed by atoms with Crippen molar-refractivity contribution in [3.05, 3.63) is 65.7 Å². The molecule has 2 aromatic carbocycles. The van der Waals surface area contributed by atoms with Gasteiger partial charge in [0, 0.05) is 11.3 Å². The van der Waals surface area contributed by atoms with E-state index in [-0.39, 0.29) is 17.8 Å². The minimum absolute atomic E-state index is 0.247. The summed E-state index contributed by atoms with van der Waals surface area (Å²) in [7, 11) is 0. The summed E-state index contributed by atoms with van der Waals surface area (Å²) < 4.78 is 38.7. The number of rotatable bonds is 5. The maximum atomic E-state index is 12.9. The molecule has 2 amide bonds. The second kappa shape index (κ2) is 8.28. The summed E-state index contributed by atoms with van der Waals surface area (Å²) in [5.41, 5.74) is 1.68. The van der Waals surface area contributed by atoms with Gasteiger partial charge in [0.1, 0.15) is 0 Å². The number of benzene rings is 2. The van der Waals surface area contributed by atoms with Gasteiger partial charge in [0.25, 0.3) is 5.91 Å². The van der Waals surface area contributed by atoms with E-state index in [9.17, 15) is 22.8 Å². The molecule has 0 aliphatic rings. The average molecular weight is 363 g/mol. The van der Waals surface area contributed by atoms with E-state index >= 15 is 0 Å². The molecule has 5 nitrogen and oxygen atoms in total. The van der Waals surface area contributed by atoms with Crippen LogP contribution in [0.15, 0.2) is 59.7 Å². The van der Waals surface area contributed by atoms with Crippen molar-refractivity contribution < 1.29 is 22.8 Å². The normalized spacial score (nSPS) is 11.8. The summed E-state index contributed by atoms with van der Waals surface area (Å²) >= 11 is 0. The maximum Gasteiger partial charge on any atom is 0.418 e. The fourth-order valence-electron chi connectivity index (χ4n) is 2.11. The van der Waals surface area contributed by atoms with E-state index in [0.717, 1.165) is 6.07 Å². The molecule has 8 heteroatoms. The van der Waals surface area contributed by atoms with Gasteiger partial charge in [0.15, 0.2) is 0 Å². The Morgan fingerprint density at radius 3 is 2.27 bits per heavy atom. The number of carbonyl (C=O) groups is 2. The fourth-order valence-corrected chi connectivity index (χ4v) is 2.11. The lowest BCUT2D eigenvalue weighted by atomic mass is 10.1. The van der Waals surface area contributed by atoms with Gasteiger partial charge >= 0.3 is 6.18 Å². The predicted molar refractivity (Wildman–Crippen MR) is 91.7 cm³/mol. The lowest BCUT2D eigenvalue weighted by Crippen LogP contribution is -2.22. The number of para-hydroxylation sites is 1. The second-order valence-corrected chi connectivity index (χ2v) is 5.42. The molecule has 0 aromatic heterocycles. The van der Waals surface area contributed by atoms with Crippen LogP contribution >= 0.6 is 0 Å². The number of carbonyl (C=O) groups excluding carboxylic acids is 2. The molecule has 0 bridgehead atoms. The molecule has 0 heterocycles. The van der Waals surface area contributed by atoms with Crippen LogP contribution in [0.25, 0.3) is 0 Å². The Bertz CT molecular complexity index is 818. The largest absolute Gasteiger partial charge is 0.418 e. The van der Waals surface area contributed by atoms with Crippen molar-refractivity contribution in [3.8, 4) is 0 Å². The number of hydrogen-bond donors (Lipinski definition) is 2. The van der Waals surface area contributed by atoms with Crippen LogP contribution in [0.5, 0.6) is 0 Å². The van der Waals surface area contributed by atoms with Gasteiger partial charge in [-0.3, -0.25) is 9.59 Å². The number of amides is 2. The number of anilines is 1.